The molecule has 10 heteroatoms. The fourth-order valence-corrected chi connectivity index (χ4v) is 4.09. The van der Waals surface area contributed by atoms with E-state index in [1.807, 2.05) is 4.90 Å². The summed E-state index contributed by atoms with van der Waals surface area (Å²) in [5, 5.41) is 0. The van der Waals surface area contributed by atoms with Gasteiger partial charge in [0.05, 0.1) is 13.2 Å². The summed E-state index contributed by atoms with van der Waals surface area (Å²) in [4.78, 5) is 20.3. The highest BCUT2D eigenvalue weighted by atomic mass is 19.4. The number of methoxy groups -OCH3 is 1. The molecule has 2 saturated heterocycles. The standard InChI is InChI=1S/C18H21F3N6O/c1-11-24-14(18(19,20)21)7-16(25-11)27-6-4-12-3-5-26(9-13(12)27)15-8-17(28-2)23-10-22-15/h7-8,10,12-13H,3-6,9H2,1-2H3. The van der Waals surface area contributed by atoms with Crippen LogP contribution in [0.25, 0.3) is 0 Å². The molecule has 0 saturated carbocycles. The highest BCUT2D eigenvalue weighted by Gasteiger charge is 2.41. The Hall–Kier alpha value is -2.65. The van der Waals surface area contributed by atoms with E-state index in [1.165, 1.54) is 13.3 Å². The van der Waals surface area contributed by atoms with Gasteiger partial charge in [0.1, 0.15) is 29.5 Å². The molecule has 0 spiro atoms. The number of fused-ring (bicyclic) bond motifs is 1. The number of hydrogen-bond donors (Lipinski definition) is 0. The molecule has 2 unspecified atom stereocenters. The van der Waals surface area contributed by atoms with Crippen molar-refractivity contribution in [1.82, 2.24) is 19.9 Å². The van der Waals surface area contributed by atoms with Gasteiger partial charge >= 0.3 is 6.18 Å². The molecule has 2 atom stereocenters. The van der Waals surface area contributed by atoms with Gasteiger partial charge in [0, 0.05) is 31.8 Å². The predicted molar refractivity (Wildman–Crippen MR) is 96.4 cm³/mol. The summed E-state index contributed by atoms with van der Waals surface area (Å²) in [5.41, 5.74) is -0.897. The molecule has 0 N–H and O–H groups in total. The third kappa shape index (κ3) is 3.55. The summed E-state index contributed by atoms with van der Waals surface area (Å²) in [5.74, 6) is 2.13. The average molecular weight is 394 g/mol. The molecule has 28 heavy (non-hydrogen) atoms. The zero-order valence-corrected chi connectivity index (χ0v) is 15.6. The van der Waals surface area contributed by atoms with E-state index >= 15 is 0 Å². The second-order valence-corrected chi connectivity index (χ2v) is 7.12. The van der Waals surface area contributed by atoms with E-state index in [1.54, 1.807) is 13.2 Å². The lowest BCUT2D eigenvalue weighted by Crippen LogP contribution is -2.49. The molecular formula is C18H21F3N6O. The van der Waals surface area contributed by atoms with Crippen molar-refractivity contribution in [2.24, 2.45) is 5.92 Å². The van der Waals surface area contributed by atoms with Crippen molar-refractivity contribution in [2.75, 3.05) is 36.5 Å². The molecule has 0 amide bonds. The second kappa shape index (κ2) is 7.06. The van der Waals surface area contributed by atoms with Crippen molar-refractivity contribution in [3.8, 4) is 5.88 Å². The van der Waals surface area contributed by atoms with Crippen LogP contribution in [0, 0.1) is 12.8 Å². The molecule has 7 nitrogen and oxygen atoms in total. The largest absolute Gasteiger partial charge is 0.481 e. The van der Waals surface area contributed by atoms with Gasteiger partial charge in [0.15, 0.2) is 0 Å². The Morgan fingerprint density at radius 1 is 1.07 bits per heavy atom. The van der Waals surface area contributed by atoms with E-state index in [2.05, 4.69) is 24.8 Å². The van der Waals surface area contributed by atoms with Crippen LogP contribution < -0.4 is 14.5 Å². The summed E-state index contributed by atoms with van der Waals surface area (Å²) in [6.07, 6.45) is -1.15. The molecule has 2 aliphatic heterocycles. The third-order valence-corrected chi connectivity index (χ3v) is 5.43. The summed E-state index contributed by atoms with van der Waals surface area (Å²) >= 11 is 0. The van der Waals surface area contributed by atoms with E-state index in [0.717, 1.165) is 31.3 Å². The van der Waals surface area contributed by atoms with E-state index in [-0.39, 0.29) is 11.9 Å². The minimum absolute atomic E-state index is 0.0742. The van der Waals surface area contributed by atoms with Crippen molar-refractivity contribution in [2.45, 2.75) is 32.0 Å². The molecule has 4 heterocycles. The van der Waals surface area contributed by atoms with Gasteiger partial charge < -0.3 is 14.5 Å². The van der Waals surface area contributed by atoms with Gasteiger partial charge in [-0.3, -0.25) is 0 Å². The normalized spacial score (nSPS) is 22.3. The lowest BCUT2D eigenvalue weighted by atomic mass is 9.92. The first-order valence-corrected chi connectivity index (χ1v) is 9.15. The number of aryl methyl sites for hydroxylation is 1. The van der Waals surface area contributed by atoms with Crippen LogP contribution in [-0.2, 0) is 6.18 Å². The molecule has 150 valence electrons. The molecule has 2 fully saturated rings. The Balaban J connectivity index is 1.60. The van der Waals surface area contributed by atoms with Gasteiger partial charge in [0.25, 0.3) is 0 Å². The topological polar surface area (TPSA) is 67.3 Å². The Kier molecular flexibility index (Phi) is 4.72. The maximum atomic E-state index is 13.2. The van der Waals surface area contributed by atoms with Crippen LogP contribution in [0.4, 0.5) is 24.8 Å². The van der Waals surface area contributed by atoms with Crippen LogP contribution in [-0.4, -0.2) is 52.7 Å². The minimum Gasteiger partial charge on any atom is -0.481 e. The SMILES string of the molecule is COc1cc(N2CCC3CCN(c4cc(C(F)(F)F)nc(C)n4)C3C2)ncn1. The molecule has 0 bridgehead atoms. The number of nitrogens with zero attached hydrogens (tertiary/aromatic N) is 6. The molecular weight excluding hydrogens is 373 g/mol. The first kappa shape index (κ1) is 18.7. The van der Waals surface area contributed by atoms with Crippen LogP contribution in [0.5, 0.6) is 5.88 Å². The lowest BCUT2D eigenvalue weighted by Gasteiger charge is -2.39. The van der Waals surface area contributed by atoms with Gasteiger partial charge in [-0.25, -0.2) is 19.9 Å². The molecule has 4 rings (SSSR count). The van der Waals surface area contributed by atoms with Crippen molar-refractivity contribution >= 4 is 11.6 Å². The highest BCUT2D eigenvalue weighted by Crippen LogP contribution is 2.37. The van der Waals surface area contributed by atoms with Crippen LogP contribution >= 0.6 is 0 Å². The predicted octanol–water partition coefficient (Wildman–Crippen LogP) is 2.71. The van der Waals surface area contributed by atoms with Crippen LogP contribution in [0.15, 0.2) is 18.5 Å². The summed E-state index contributed by atoms with van der Waals surface area (Å²) in [6.45, 7) is 3.68. The molecule has 0 aliphatic carbocycles. The van der Waals surface area contributed by atoms with E-state index in [4.69, 9.17) is 4.74 Å². The number of halogens is 3. The maximum absolute atomic E-state index is 13.2. The van der Waals surface area contributed by atoms with Gasteiger partial charge in [-0.2, -0.15) is 13.2 Å². The van der Waals surface area contributed by atoms with E-state index in [0.29, 0.717) is 30.7 Å². The smallest absolute Gasteiger partial charge is 0.433 e. The second-order valence-electron chi connectivity index (χ2n) is 7.12. The van der Waals surface area contributed by atoms with Crippen molar-refractivity contribution in [3.05, 3.63) is 30.0 Å². The van der Waals surface area contributed by atoms with Gasteiger partial charge in [0.2, 0.25) is 5.88 Å². The molecule has 2 aromatic heterocycles. The molecule has 0 radical (unpaired) electrons. The Morgan fingerprint density at radius 3 is 2.61 bits per heavy atom. The number of aromatic nitrogens is 4. The van der Waals surface area contributed by atoms with Gasteiger partial charge in [-0.15, -0.1) is 0 Å². The highest BCUT2D eigenvalue weighted by molar-refractivity contribution is 5.47. The van der Waals surface area contributed by atoms with Gasteiger partial charge in [-0.1, -0.05) is 0 Å². The fraction of sp³-hybridized carbons (Fsp3) is 0.556. The summed E-state index contributed by atoms with van der Waals surface area (Å²) in [7, 11) is 1.55. The van der Waals surface area contributed by atoms with Gasteiger partial charge in [-0.05, 0) is 25.7 Å². The third-order valence-electron chi connectivity index (χ3n) is 5.43. The van der Waals surface area contributed by atoms with Crippen LogP contribution in [0.1, 0.15) is 24.4 Å². The number of ether oxygens (including phenoxy) is 1. The van der Waals surface area contributed by atoms with Crippen molar-refractivity contribution in [3.63, 3.8) is 0 Å². The average Bonchev–Trinajstić information content (AvgIpc) is 3.10. The zero-order valence-electron chi connectivity index (χ0n) is 15.6. The first-order valence-electron chi connectivity index (χ1n) is 9.15. The number of rotatable bonds is 3. The molecule has 2 aromatic rings. The van der Waals surface area contributed by atoms with Crippen molar-refractivity contribution in [1.29, 1.82) is 0 Å². The minimum atomic E-state index is -4.49. The molecule has 2 aliphatic rings. The monoisotopic (exact) mass is 394 g/mol. The Morgan fingerprint density at radius 2 is 1.86 bits per heavy atom. The first-order chi connectivity index (χ1) is 13.3. The number of anilines is 2. The quantitative estimate of drug-likeness (QED) is 0.793. The van der Waals surface area contributed by atoms with Crippen LogP contribution in [0.2, 0.25) is 0 Å². The molecule has 0 aromatic carbocycles. The zero-order chi connectivity index (χ0) is 19.9. The lowest BCUT2D eigenvalue weighted by molar-refractivity contribution is -0.141. The Labute approximate surface area is 160 Å². The summed E-state index contributed by atoms with van der Waals surface area (Å²) in [6, 6.07) is 2.91. The Bertz CT molecular complexity index is 861. The van der Waals surface area contributed by atoms with E-state index < -0.39 is 11.9 Å². The van der Waals surface area contributed by atoms with Crippen molar-refractivity contribution < 1.29 is 17.9 Å². The summed E-state index contributed by atoms with van der Waals surface area (Å²) < 4.78 is 44.7. The van der Waals surface area contributed by atoms with Crippen LogP contribution in [0.3, 0.4) is 0 Å². The number of alkyl halides is 3. The van der Waals surface area contributed by atoms with E-state index in [9.17, 15) is 13.2 Å². The fourth-order valence-electron chi connectivity index (χ4n) is 4.09. The maximum Gasteiger partial charge on any atom is 0.433 e. The number of piperidine rings is 1. The number of hydrogen-bond acceptors (Lipinski definition) is 7.